The number of anilines is 1. The van der Waals surface area contributed by atoms with E-state index in [0.29, 0.717) is 17.9 Å². The zero-order valence-corrected chi connectivity index (χ0v) is 11.6. The smallest absolute Gasteiger partial charge is 0.268 e. The summed E-state index contributed by atoms with van der Waals surface area (Å²) in [5.41, 5.74) is 6.78. The van der Waals surface area contributed by atoms with Crippen LogP contribution >= 0.6 is 27.3 Å². The molecule has 0 aliphatic carbocycles. The normalized spacial score (nSPS) is 10.5. The summed E-state index contributed by atoms with van der Waals surface area (Å²) in [6, 6.07) is 5.61. The quantitative estimate of drug-likeness (QED) is 0.914. The monoisotopic (exact) mass is 313 g/mol. The summed E-state index contributed by atoms with van der Waals surface area (Å²) in [7, 11) is 1.80. The Kier molecular flexibility index (Phi) is 3.54. The third-order valence-corrected chi connectivity index (χ3v) is 3.93. The highest BCUT2D eigenvalue weighted by molar-refractivity contribution is 9.11. The summed E-state index contributed by atoms with van der Waals surface area (Å²) < 4.78 is 2.78. The number of carbonyl (C=O) groups excluding carboxylic acids is 1. The molecule has 6 heteroatoms. The van der Waals surface area contributed by atoms with E-state index in [1.54, 1.807) is 35.2 Å². The van der Waals surface area contributed by atoms with Crippen molar-refractivity contribution >= 4 is 38.9 Å². The maximum Gasteiger partial charge on any atom is 0.268 e. The number of thiophene rings is 1. The van der Waals surface area contributed by atoms with Gasteiger partial charge in [0.05, 0.1) is 16.0 Å². The number of aromatic nitrogens is 1. The topological polar surface area (TPSA) is 60.0 Å². The molecule has 0 atom stereocenters. The third kappa shape index (κ3) is 2.89. The number of nitrogens with zero attached hydrogens (tertiary/aromatic N) is 1. The van der Waals surface area contributed by atoms with Gasteiger partial charge in [-0.2, -0.15) is 0 Å². The van der Waals surface area contributed by atoms with Gasteiger partial charge in [-0.3, -0.25) is 4.79 Å². The SMILES string of the molecule is Cn1cc(N)cc1C(=O)NCc1ccc(Br)s1. The predicted octanol–water partition coefficient (Wildman–Crippen LogP) is 2.36. The standard InChI is InChI=1S/C11H12BrN3OS/c1-15-6-7(13)4-9(15)11(16)14-5-8-2-3-10(12)17-8/h2-4,6H,5,13H2,1H3,(H,14,16). The summed E-state index contributed by atoms with van der Waals surface area (Å²) in [6.45, 7) is 0.528. The van der Waals surface area contributed by atoms with Crippen LogP contribution in [0, 0.1) is 0 Å². The number of amides is 1. The molecule has 0 bridgehead atoms. The van der Waals surface area contributed by atoms with Crippen LogP contribution in [0.15, 0.2) is 28.2 Å². The minimum atomic E-state index is -0.117. The van der Waals surface area contributed by atoms with Crippen molar-refractivity contribution < 1.29 is 4.79 Å². The van der Waals surface area contributed by atoms with Crippen LogP contribution in [-0.2, 0) is 13.6 Å². The van der Waals surface area contributed by atoms with Gasteiger partial charge in [0.25, 0.3) is 5.91 Å². The van der Waals surface area contributed by atoms with Crippen LogP contribution in [0.2, 0.25) is 0 Å². The minimum absolute atomic E-state index is 0.117. The lowest BCUT2D eigenvalue weighted by Gasteiger charge is -2.04. The molecule has 17 heavy (non-hydrogen) atoms. The second-order valence-electron chi connectivity index (χ2n) is 3.66. The molecule has 2 heterocycles. The molecule has 0 aromatic carbocycles. The highest BCUT2D eigenvalue weighted by Crippen LogP contribution is 2.21. The van der Waals surface area contributed by atoms with Crippen LogP contribution in [0.4, 0.5) is 5.69 Å². The van der Waals surface area contributed by atoms with Gasteiger partial charge in [-0.25, -0.2) is 0 Å². The van der Waals surface area contributed by atoms with Gasteiger partial charge < -0.3 is 15.6 Å². The number of halogens is 1. The molecule has 2 aromatic heterocycles. The molecule has 4 nitrogen and oxygen atoms in total. The molecular formula is C11H12BrN3OS. The van der Waals surface area contributed by atoms with Crippen molar-refractivity contribution in [1.29, 1.82) is 0 Å². The van der Waals surface area contributed by atoms with E-state index in [2.05, 4.69) is 21.2 Å². The highest BCUT2D eigenvalue weighted by Gasteiger charge is 2.10. The van der Waals surface area contributed by atoms with E-state index in [9.17, 15) is 4.79 Å². The maximum absolute atomic E-state index is 11.9. The molecule has 2 rings (SSSR count). The van der Waals surface area contributed by atoms with Crippen molar-refractivity contribution in [3.63, 3.8) is 0 Å². The van der Waals surface area contributed by atoms with Gasteiger partial charge in [0.15, 0.2) is 0 Å². The predicted molar refractivity (Wildman–Crippen MR) is 73.0 cm³/mol. The lowest BCUT2D eigenvalue weighted by molar-refractivity contribution is 0.0943. The molecule has 3 N–H and O–H groups in total. The highest BCUT2D eigenvalue weighted by atomic mass is 79.9. The van der Waals surface area contributed by atoms with Crippen molar-refractivity contribution in [3.05, 3.63) is 38.8 Å². The Labute approximate surface area is 112 Å². The number of aryl methyl sites for hydroxylation is 1. The number of nitrogens with two attached hydrogens (primary N) is 1. The fraction of sp³-hybridized carbons (Fsp3) is 0.182. The van der Waals surface area contributed by atoms with E-state index in [1.807, 2.05) is 12.1 Å². The second-order valence-corrected chi connectivity index (χ2v) is 6.21. The molecule has 1 amide bonds. The van der Waals surface area contributed by atoms with E-state index in [4.69, 9.17) is 5.73 Å². The number of rotatable bonds is 3. The van der Waals surface area contributed by atoms with Crippen LogP contribution in [-0.4, -0.2) is 10.5 Å². The Morgan fingerprint density at radius 2 is 2.35 bits per heavy atom. The van der Waals surface area contributed by atoms with E-state index in [0.717, 1.165) is 8.66 Å². The molecule has 0 radical (unpaired) electrons. The fourth-order valence-electron chi connectivity index (χ4n) is 1.52. The number of nitrogen functional groups attached to an aromatic ring is 1. The van der Waals surface area contributed by atoms with Crippen LogP contribution in [0.3, 0.4) is 0 Å². The average Bonchev–Trinajstić information content (AvgIpc) is 2.81. The molecule has 0 unspecified atom stereocenters. The van der Waals surface area contributed by atoms with Gasteiger partial charge in [-0.05, 0) is 34.1 Å². The Bertz CT molecular complexity index is 547. The Morgan fingerprint density at radius 1 is 1.59 bits per heavy atom. The largest absolute Gasteiger partial charge is 0.397 e. The van der Waals surface area contributed by atoms with Crippen molar-refractivity contribution in [2.45, 2.75) is 6.54 Å². The van der Waals surface area contributed by atoms with Crippen molar-refractivity contribution in [1.82, 2.24) is 9.88 Å². The molecule has 0 saturated heterocycles. The lowest BCUT2D eigenvalue weighted by Crippen LogP contribution is -2.24. The van der Waals surface area contributed by atoms with Crippen molar-refractivity contribution in [2.75, 3.05) is 5.73 Å². The number of nitrogens with one attached hydrogen (secondary N) is 1. The molecule has 0 saturated carbocycles. The van der Waals surface area contributed by atoms with Gasteiger partial charge in [0.2, 0.25) is 0 Å². The summed E-state index contributed by atoms with van der Waals surface area (Å²) in [5.74, 6) is -0.117. The number of hydrogen-bond donors (Lipinski definition) is 2. The van der Waals surface area contributed by atoms with E-state index in [1.165, 1.54) is 0 Å². The summed E-state index contributed by atoms with van der Waals surface area (Å²) in [4.78, 5) is 13.0. The van der Waals surface area contributed by atoms with E-state index >= 15 is 0 Å². The molecule has 90 valence electrons. The van der Waals surface area contributed by atoms with Crippen LogP contribution in [0.5, 0.6) is 0 Å². The second kappa shape index (κ2) is 4.93. The number of carbonyl (C=O) groups is 1. The molecule has 0 aliphatic heterocycles. The first-order valence-electron chi connectivity index (χ1n) is 5.00. The third-order valence-electron chi connectivity index (χ3n) is 2.31. The molecule has 2 aromatic rings. The minimum Gasteiger partial charge on any atom is -0.397 e. The van der Waals surface area contributed by atoms with Crippen LogP contribution in [0.25, 0.3) is 0 Å². The Hall–Kier alpha value is -1.27. The first-order chi connectivity index (χ1) is 8.06. The van der Waals surface area contributed by atoms with Gasteiger partial charge >= 0.3 is 0 Å². The summed E-state index contributed by atoms with van der Waals surface area (Å²) in [6.07, 6.45) is 1.72. The first-order valence-corrected chi connectivity index (χ1v) is 6.61. The fourth-order valence-corrected chi connectivity index (χ4v) is 2.94. The molecule has 0 spiro atoms. The van der Waals surface area contributed by atoms with Gasteiger partial charge in [0, 0.05) is 18.1 Å². The zero-order chi connectivity index (χ0) is 12.4. The summed E-state index contributed by atoms with van der Waals surface area (Å²) >= 11 is 4.99. The maximum atomic E-state index is 11.9. The Morgan fingerprint density at radius 3 is 2.88 bits per heavy atom. The van der Waals surface area contributed by atoms with E-state index in [-0.39, 0.29) is 5.91 Å². The van der Waals surface area contributed by atoms with Crippen LogP contribution < -0.4 is 11.1 Å². The summed E-state index contributed by atoms with van der Waals surface area (Å²) in [5, 5.41) is 2.86. The molecule has 0 aliphatic rings. The average molecular weight is 314 g/mol. The molecular weight excluding hydrogens is 302 g/mol. The van der Waals surface area contributed by atoms with Crippen molar-refractivity contribution in [3.8, 4) is 0 Å². The van der Waals surface area contributed by atoms with E-state index < -0.39 is 0 Å². The molecule has 0 fully saturated rings. The lowest BCUT2D eigenvalue weighted by atomic mass is 10.3. The van der Waals surface area contributed by atoms with Crippen molar-refractivity contribution in [2.24, 2.45) is 7.05 Å². The first kappa shape index (κ1) is 12.2. The number of hydrogen-bond acceptors (Lipinski definition) is 3. The zero-order valence-electron chi connectivity index (χ0n) is 9.24. The van der Waals surface area contributed by atoms with Crippen LogP contribution in [0.1, 0.15) is 15.4 Å². The van der Waals surface area contributed by atoms with Gasteiger partial charge in [-0.15, -0.1) is 11.3 Å². The van der Waals surface area contributed by atoms with Gasteiger partial charge in [0.1, 0.15) is 5.69 Å². The van der Waals surface area contributed by atoms with Gasteiger partial charge in [-0.1, -0.05) is 0 Å². The Balaban J connectivity index is 2.00.